The van der Waals surface area contributed by atoms with Crippen molar-refractivity contribution in [2.24, 2.45) is 5.92 Å². The Balaban J connectivity index is 2.16. The van der Waals surface area contributed by atoms with Gasteiger partial charge in [-0.15, -0.1) is 0 Å². The van der Waals surface area contributed by atoms with Crippen molar-refractivity contribution >= 4 is 21.8 Å². The molecule has 0 bridgehead atoms. The molecule has 5 heteroatoms. The molecule has 1 aliphatic heterocycles. The van der Waals surface area contributed by atoms with E-state index < -0.39 is 11.9 Å². The van der Waals surface area contributed by atoms with E-state index >= 15 is 0 Å². The van der Waals surface area contributed by atoms with E-state index in [0.29, 0.717) is 23.1 Å². The van der Waals surface area contributed by atoms with Gasteiger partial charge in [0.15, 0.2) is 0 Å². The van der Waals surface area contributed by atoms with Crippen LogP contribution in [0.5, 0.6) is 0 Å². The number of hydrogen-bond donors (Lipinski definition) is 1. The number of rotatable bonds is 1. The standard InChI is InChI=1S/C13H15BrFNO2/c1-8-2-3-16(7-12(8)17)13(18)9-4-10(14)6-11(15)5-9/h4-6,8,12,17H,2-3,7H2,1H3. The molecule has 1 heterocycles. The second-order valence-electron chi connectivity index (χ2n) is 4.74. The molecule has 1 saturated heterocycles. The summed E-state index contributed by atoms with van der Waals surface area (Å²) in [6.07, 6.45) is 0.267. The van der Waals surface area contributed by atoms with Crippen LogP contribution >= 0.6 is 15.9 Å². The summed E-state index contributed by atoms with van der Waals surface area (Å²) < 4.78 is 13.8. The fraction of sp³-hybridized carbons (Fsp3) is 0.462. The smallest absolute Gasteiger partial charge is 0.254 e. The van der Waals surface area contributed by atoms with Crippen LogP contribution in [0.1, 0.15) is 23.7 Å². The predicted octanol–water partition coefficient (Wildman–Crippen LogP) is 2.43. The second kappa shape index (κ2) is 5.36. The molecule has 1 aliphatic rings. The lowest BCUT2D eigenvalue weighted by molar-refractivity contribution is 0.0248. The number of nitrogens with zero attached hydrogens (tertiary/aromatic N) is 1. The molecule has 1 amide bonds. The van der Waals surface area contributed by atoms with Gasteiger partial charge in [0.25, 0.3) is 5.91 Å². The molecule has 18 heavy (non-hydrogen) atoms. The summed E-state index contributed by atoms with van der Waals surface area (Å²) in [5.41, 5.74) is 0.309. The van der Waals surface area contributed by atoms with Crippen LogP contribution in [0.3, 0.4) is 0 Å². The number of aliphatic hydroxyl groups is 1. The van der Waals surface area contributed by atoms with Crippen LogP contribution in [-0.4, -0.2) is 35.1 Å². The van der Waals surface area contributed by atoms with Gasteiger partial charge in [0, 0.05) is 23.1 Å². The molecule has 0 aliphatic carbocycles. The molecule has 0 radical (unpaired) electrons. The Morgan fingerprint density at radius 2 is 2.22 bits per heavy atom. The Kier molecular flexibility index (Phi) is 4.02. The molecular weight excluding hydrogens is 301 g/mol. The third kappa shape index (κ3) is 2.90. The summed E-state index contributed by atoms with van der Waals surface area (Å²) in [5.74, 6) is -0.479. The third-order valence-corrected chi connectivity index (χ3v) is 3.77. The van der Waals surface area contributed by atoms with E-state index in [4.69, 9.17) is 0 Å². The maximum absolute atomic E-state index is 13.2. The monoisotopic (exact) mass is 315 g/mol. The molecule has 0 aromatic heterocycles. The van der Waals surface area contributed by atoms with Gasteiger partial charge in [-0.2, -0.15) is 0 Å². The first kappa shape index (κ1) is 13.5. The summed E-state index contributed by atoms with van der Waals surface area (Å²) in [6, 6.07) is 4.12. The molecule has 2 atom stereocenters. The first-order valence-electron chi connectivity index (χ1n) is 5.91. The zero-order chi connectivity index (χ0) is 13.3. The lowest BCUT2D eigenvalue weighted by Crippen LogP contribution is -2.45. The van der Waals surface area contributed by atoms with Crippen molar-refractivity contribution in [3.63, 3.8) is 0 Å². The maximum atomic E-state index is 13.2. The van der Waals surface area contributed by atoms with Crippen molar-refractivity contribution < 1.29 is 14.3 Å². The van der Waals surface area contributed by atoms with E-state index in [-0.39, 0.29) is 11.8 Å². The van der Waals surface area contributed by atoms with Gasteiger partial charge in [-0.25, -0.2) is 4.39 Å². The predicted molar refractivity (Wildman–Crippen MR) is 69.8 cm³/mol. The van der Waals surface area contributed by atoms with Crippen LogP contribution in [0.4, 0.5) is 4.39 Å². The minimum Gasteiger partial charge on any atom is -0.391 e. The summed E-state index contributed by atoms with van der Waals surface area (Å²) in [4.78, 5) is 13.8. The van der Waals surface area contributed by atoms with Crippen LogP contribution in [0.15, 0.2) is 22.7 Å². The van der Waals surface area contributed by atoms with Gasteiger partial charge in [0.2, 0.25) is 0 Å². The average Bonchev–Trinajstić information content (AvgIpc) is 2.30. The minimum atomic E-state index is -0.500. The Hall–Kier alpha value is -0.940. The summed E-state index contributed by atoms with van der Waals surface area (Å²) in [6.45, 7) is 2.88. The van der Waals surface area contributed by atoms with E-state index in [0.717, 1.165) is 6.42 Å². The molecule has 0 saturated carbocycles. The van der Waals surface area contributed by atoms with E-state index in [1.807, 2.05) is 6.92 Å². The third-order valence-electron chi connectivity index (χ3n) is 3.32. The van der Waals surface area contributed by atoms with Gasteiger partial charge in [-0.05, 0) is 30.5 Å². The van der Waals surface area contributed by atoms with Crippen molar-refractivity contribution in [2.75, 3.05) is 13.1 Å². The fourth-order valence-electron chi connectivity index (χ4n) is 2.09. The molecule has 2 unspecified atom stereocenters. The number of carbonyl (C=O) groups is 1. The molecule has 98 valence electrons. The molecule has 2 rings (SSSR count). The normalized spacial score (nSPS) is 24.1. The highest BCUT2D eigenvalue weighted by Crippen LogP contribution is 2.21. The van der Waals surface area contributed by atoms with Crippen molar-refractivity contribution in [2.45, 2.75) is 19.4 Å². The van der Waals surface area contributed by atoms with E-state index in [1.165, 1.54) is 12.1 Å². The quantitative estimate of drug-likeness (QED) is 0.864. The molecule has 1 aromatic rings. The topological polar surface area (TPSA) is 40.5 Å². The first-order valence-corrected chi connectivity index (χ1v) is 6.70. The summed E-state index contributed by atoms with van der Waals surface area (Å²) in [7, 11) is 0. The molecule has 3 nitrogen and oxygen atoms in total. The van der Waals surface area contributed by atoms with Gasteiger partial charge >= 0.3 is 0 Å². The lowest BCUT2D eigenvalue weighted by atomic mass is 9.95. The Bertz CT molecular complexity index is 446. The van der Waals surface area contributed by atoms with Crippen LogP contribution in [-0.2, 0) is 0 Å². The average molecular weight is 316 g/mol. The number of likely N-dealkylation sites (tertiary alicyclic amines) is 1. The van der Waals surface area contributed by atoms with Gasteiger partial charge < -0.3 is 10.0 Å². The van der Waals surface area contributed by atoms with Crippen molar-refractivity contribution in [1.29, 1.82) is 0 Å². The van der Waals surface area contributed by atoms with E-state index in [2.05, 4.69) is 15.9 Å². The maximum Gasteiger partial charge on any atom is 0.254 e. The van der Waals surface area contributed by atoms with Gasteiger partial charge in [-0.3, -0.25) is 4.79 Å². The van der Waals surface area contributed by atoms with Gasteiger partial charge in [0.1, 0.15) is 5.82 Å². The molecule has 0 spiro atoms. The molecular formula is C13H15BrFNO2. The highest BCUT2D eigenvalue weighted by atomic mass is 79.9. The van der Waals surface area contributed by atoms with Gasteiger partial charge in [-0.1, -0.05) is 22.9 Å². The Morgan fingerprint density at radius 1 is 1.50 bits per heavy atom. The minimum absolute atomic E-state index is 0.202. The number of halogens is 2. The van der Waals surface area contributed by atoms with Gasteiger partial charge in [0.05, 0.1) is 6.10 Å². The van der Waals surface area contributed by atoms with Crippen LogP contribution in [0.2, 0.25) is 0 Å². The highest BCUT2D eigenvalue weighted by Gasteiger charge is 2.28. The number of hydrogen-bond acceptors (Lipinski definition) is 2. The molecule has 1 aromatic carbocycles. The number of aliphatic hydroxyl groups excluding tert-OH is 1. The van der Waals surface area contributed by atoms with Crippen LogP contribution < -0.4 is 0 Å². The SMILES string of the molecule is CC1CCN(C(=O)c2cc(F)cc(Br)c2)CC1O. The number of carbonyl (C=O) groups excluding carboxylic acids is 1. The van der Waals surface area contributed by atoms with E-state index in [9.17, 15) is 14.3 Å². The fourth-order valence-corrected chi connectivity index (χ4v) is 2.56. The highest BCUT2D eigenvalue weighted by molar-refractivity contribution is 9.10. The number of piperidine rings is 1. The molecule has 1 fully saturated rings. The number of amides is 1. The lowest BCUT2D eigenvalue weighted by Gasteiger charge is -2.34. The van der Waals surface area contributed by atoms with Crippen LogP contribution in [0.25, 0.3) is 0 Å². The Morgan fingerprint density at radius 3 is 2.83 bits per heavy atom. The summed E-state index contributed by atoms with van der Waals surface area (Å²) in [5, 5.41) is 9.78. The van der Waals surface area contributed by atoms with Crippen molar-refractivity contribution in [3.8, 4) is 0 Å². The molecule has 1 N–H and O–H groups in total. The first-order chi connectivity index (χ1) is 8.47. The number of β-amino-alcohol motifs (C(OH)–C–C–N with tert-alkyl or cyclic N) is 1. The zero-order valence-electron chi connectivity index (χ0n) is 10.1. The largest absolute Gasteiger partial charge is 0.391 e. The van der Waals surface area contributed by atoms with E-state index in [1.54, 1.807) is 11.0 Å². The van der Waals surface area contributed by atoms with Crippen LogP contribution in [0, 0.1) is 11.7 Å². The van der Waals surface area contributed by atoms with Crippen molar-refractivity contribution in [1.82, 2.24) is 4.90 Å². The van der Waals surface area contributed by atoms with Crippen molar-refractivity contribution in [3.05, 3.63) is 34.1 Å². The number of benzene rings is 1. The Labute approximate surface area is 114 Å². The summed E-state index contributed by atoms with van der Waals surface area (Å²) >= 11 is 3.17. The second-order valence-corrected chi connectivity index (χ2v) is 5.66. The zero-order valence-corrected chi connectivity index (χ0v) is 11.7.